The molecule has 4 rings (SSSR count). The summed E-state index contributed by atoms with van der Waals surface area (Å²) in [7, 11) is 0. The number of para-hydroxylation sites is 1. The molecule has 198 valence electrons. The van der Waals surface area contributed by atoms with Crippen LogP contribution in [0.4, 0.5) is 5.69 Å². The molecule has 0 radical (unpaired) electrons. The Balaban J connectivity index is 1.79. The summed E-state index contributed by atoms with van der Waals surface area (Å²) >= 11 is 6.41. The summed E-state index contributed by atoms with van der Waals surface area (Å²) in [5.41, 5.74) is -0.710. The number of nitrogens with one attached hydrogen (secondary N) is 2. The van der Waals surface area contributed by atoms with Gasteiger partial charge in [0.1, 0.15) is 11.6 Å². The van der Waals surface area contributed by atoms with E-state index < -0.39 is 41.0 Å². The van der Waals surface area contributed by atoms with E-state index in [1.54, 1.807) is 12.1 Å². The first-order valence-electron chi connectivity index (χ1n) is 13.0. The third-order valence-electron chi connectivity index (χ3n) is 8.11. The average molecular weight is 520 g/mol. The lowest BCUT2D eigenvalue weighted by Gasteiger charge is -2.37. The van der Waals surface area contributed by atoms with Crippen molar-refractivity contribution in [1.82, 2.24) is 10.2 Å². The first kappa shape index (κ1) is 26.9. The van der Waals surface area contributed by atoms with Crippen LogP contribution < -0.4 is 10.6 Å². The fraction of sp³-hybridized carbons (Fsp3) is 0.667. The molecule has 9 heteroatoms. The summed E-state index contributed by atoms with van der Waals surface area (Å²) in [6.45, 7) is 9.93. The van der Waals surface area contributed by atoms with Crippen LogP contribution in [0.3, 0.4) is 0 Å². The van der Waals surface area contributed by atoms with E-state index >= 15 is 0 Å². The number of anilines is 1. The van der Waals surface area contributed by atoms with E-state index in [1.165, 1.54) is 4.90 Å². The summed E-state index contributed by atoms with van der Waals surface area (Å²) < 4.78 is 6.62. The van der Waals surface area contributed by atoms with Gasteiger partial charge in [0.25, 0.3) is 0 Å². The first-order chi connectivity index (χ1) is 17.0. The largest absolute Gasteiger partial charge is 0.394 e. The minimum Gasteiger partial charge on any atom is -0.394 e. The smallest absolute Gasteiger partial charge is 0.250 e. The zero-order chi connectivity index (χ0) is 26.4. The molecule has 1 aromatic rings. The lowest BCUT2D eigenvalue weighted by Crippen LogP contribution is -2.56. The summed E-state index contributed by atoms with van der Waals surface area (Å²) in [6, 6.07) is 3.79. The fourth-order valence-corrected chi connectivity index (χ4v) is 6.89. The number of hydrogen-bond acceptors (Lipinski definition) is 5. The number of benzene rings is 1. The molecular weight excluding hydrogens is 482 g/mol. The van der Waals surface area contributed by atoms with Crippen molar-refractivity contribution in [3.05, 3.63) is 28.8 Å². The Bertz CT molecular complexity index is 1030. The van der Waals surface area contributed by atoms with Gasteiger partial charge < -0.3 is 25.4 Å². The second-order valence-electron chi connectivity index (χ2n) is 11.2. The predicted octanol–water partition coefficient (Wildman–Crippen LogP) is 3.28. The summed E-state index contributed by atoms with van der Waals surface area (Å²) in [5, 5.41) is 16.6. The van der Waals surface area contributed by atoms with Crippen LogP contribution in [0.2, 0.25) is 5.02 Å². The third-order valence-corrected chi connectivity index (χ3v) is 8.43. The number of halogens is 1. The fourth-order valence-electron chi connectivity index (χ4n) is 6.62. The van der Waals surface area contributed by atoms with Crippen molar-refractivity contribution in [2.45, 2.75) is 83.6 Å². The average Bonchev–Trinajstić information content (AvgIpc) is 3.39. The molecule has 3 aliphatic heterocycles. The number of aliphatic hydroxyl groups is 1. The molecule has 3 N–H and O–H groups in total. The quantitative estimate of drug-likeness (QED) is 0.464. The van der Waals surface area contributed by atoms with E-state index in [0.29, 0.717) is 36.5 Å². The minimum absolute atomic E-state index is 0.181. The van der Waals surface area contributed by atoms with Crippen LogP contribution >= 0.6 is 11.6 Å². The number of hydrogen-bond donors (Lipinski definition) is 3. The molecule has 2 unspecified atom stereocenters. The van der Waals surface area contributed by atoms with Crippen LogP contribution in [0, 0.1) is 24.7 Å². The number of aliphatic hydroxyl groups excluding tert-OH is 1. The van der Waals surface area contributed by atoms with Crippen LogP contribution in [-0.2, 0) is 19.1 Å². The van der Waals surface area contributed by atoms with E-state index in [4.69, 9.17) is 16.3 Å². The number of aryl methyl sites for hydroxylation is 1. The second kappa shape index (κ2) is 9.95. The molecule has 8 nitrogen and oxygen atoms in total. The van der Waals surface area contributed by atoms with Gasteiger partial charge in [-0.2, -0.15) is 0 Å². The van der Waals surface area contributed by atoms with E-state index in [-0.39, 0.29) is 24.3 Å². The number of likely N-dealkylation sites (tertiary alicyclic amines) is 1. The van der Waals surface area contributed by atoms with Gasteiger partial charge in [0.05, 0.1) is 40.8 Å². The summed E-state index contributed by atoms with van der Waals surface area (Å²) in [4.78, 5) is 43.0. The molecule has 3 heterocycles. The maximum Gasteiger partial charge on any atom is 0.250 e. The standard InChI is InChI=1S/C27H38ClN3O5/c1-6-12-29-23(33)19-20-25(35)31(17(14-32)13-15(2)3)22(27(20)11-10-26(19,5)36-27)24(34)30-21-16(4)8-7-9-18(21)28/h7-9,15,17,19-20,22,32H,6,10-14H2,1-5H3,(H,29,33)(H,30,34)/t17-,19+,20+,22?,26-,27?/m1/s1. The van der Waals surface area contributed by atoms with Crippen LogP contribution in [0.5, 0.6) is 0 Å². The van der Waals surface area contributed by atoms with Gasteiger partial charge in [-0.25, -0.2) is 0 Å². The number of carbonyl (C=O) groups is 3. The van der Waals surface area contributed by atoms with Crippen molar-refractivity contribution in [3.63, 3.8) is 0 Å². The topological polar surface area (TPSA) is 108 Å². The van der Waals surface area contributed by atoms with Crippen LogP contribution in [0.25, 0.3) is 0 Å². The number of carbonyl (C=O) groups excluding carboxylic acids is 3. The monoisotopic (exact) mass is 519 g/mol. The van der Waals surface area contributed by atoms with Crippen molar-refractivity contribution < 1.29 is 24.2 Å². The molecule has 3 aliphatic rings. The van der Waals surface area contributed by atoms with Crippen molar-refractivity contribution in [2.75, 3.05) is 18.5 Å². The minimum atomic E-state index is -1.15. The number of nitrogens with zero attached hydrogens (tertiary/aromatic N) is 1. The van der Waals surface area contributed by atoms with E-state index in [0.717, 1.165) is 12.0 Å². The van der Waals surface area contributed by atoms with Crippen LogP contribution in [0.1, 0.15) is 58.9 Å². The number of amides is 3. The maximum atomic E-state index is 14.1. The molecule has 36 heavy (non-hydrogen) atoms. The predicted molar refractivity (Wildman–Crippen MR) is 138 cm³/mol. The Hall–Kier alpha value is -2.16. The van der Waals surface area contributed by atoms with E-state index in [9.17, 15) is 19.5 Å². The highest BCUT2D eigenvalue weighted by Crippen LogP contribution is 2.63. The van der Waals surface area contributed by atoms with Gasteiger partial charge in [0.15, 0.2) is 0 Å². The highest BCUT2D eigenvalue weighted by molar-refractivity contribution is 6.34. The number of fused-ring (bicyclic) bond motifs is 1. The number of ether oxygens (including phenoxy) is 1. The lowest BCUT2D eigenvalue weighted by molar-refractivity contribution is -0.148. The molecule has 1 aromatic carbocycles. The van der Waals surface area contributed by atoms with Crippen molar-refractivity contribution in [3.8, 4) is 0 Å². The molecule has 6 atom stereocenters. The molecule has 1 spiro atoms. The molecule has 0 aromatic heterocycles. The molecule has 3 saturated heterocycles. The van der Waals surface area contributed by atoms with Crippen molar-refractivity contribution >= 4 is 35.0 Å². The highest BCUT2D eigenvalue weighted by atomic mass is 35.5. The van der Waals surface area contributed by atoms with Gasteiger partial charge in [0, 0.05) is 6.54 Å². The van der Waals surface area contributed by atoms with Gasteiger partial charge >= 0.3 is 0 Å². The maximum absolute atomic E-state index is 14.1. The third kappa shape index (κ3) is 4.21. The Morgan fingerprint density at radius 1 is 1.28 bits per heavy atom. The van der Waals surface area contributed by atoms with Gasteiger partial charge in [-0.05, 0) is 57.1 Å². The number of rotatable bonds is 9. The van der Waals surface area contributed by atoms with Crippen molar-refractivity contribution in [2.24, 2.45) is 17.8 Å². The SMILES string of the molecule is CCCNC(=O)[C@@H]1[C@H]2C(=O)N([C@@H](CO)CC(C)C)C(C(=O)Nc3c(C)cccc3Cl)C23CC[C@@]1(C)O3. The second-order valence-corrected chi connectivity index (χ2v) is 11.6. The Labute approximate surface area is 218 Å². The molecule has 0 saturated carbocycles. The Morgan fingerprint density at radius 3 is 2.61 bits per heavy atom. The van der Waals surface area contributed by atoms with Gasteiger partial charge in [-0.15, -0.1) is 0 Å². The highest BCUT2D eigenvalue weighted by Gasteiger charge is 2.78. The Kier molecular flexibility index (Phi) is 7.43. The zero-order valence-electron chi connectivity index (χ0n) is 21.8. The van der Waals surface area contributed by atoms with Crippen LogP contribution in [-0.4, -0.2) is 64.2 Å². The summed E-state index contributed by atoms with van der Waals surface area (Å²) in [6.07, 6.45) is 2.34. The van der Waals surface area contributed by atoms with Crippen LogP contribution in [0.15, 0.2) is 18.2 Å². The Morgan fingerprint density at radius 2 is 2.00 bits per heavy atom. The zero-order valence-corrected chi connectivity index (χ0v) is 22.5. The molecule has 3 fully saturated rings. The van der Waals surface area contributed by atoms with Gasteiger partial charge in [-0.1, -0.05) is 44.5 Å². The lowest BCUT2D eigenvalue weighted by atomic mass is 9.66. The van der Waals surface area contributed by atoms with Gasteiger partial charge in [0.2, 0.25) is 17.7 Å². The van der Waals surface area contributed by atoms with E-state index in [1.807, 2.05) is 40.7 Å². The molecule has 0 aliphatic carbocycles. The van der Waals surface area contributed by atoms with E-state index in [2.05, 4.69) is 10.6 Å². The molecule has 3 amide bonds. The normalized spacial score (nSPS) is 31.6. The summed E-state index contributed by atoms with van der Waals surface area (Å²) in [5.74, 6) is -2.25. The molecule has 2 bridgehead atoms. The van der Waals surface area contributed by atoms with Crippen molar-refractivity contribution in [1.29, 1.82) is 0 Å². The molecular formula is C27H38ClN3O5. The first-order valence-corrected chi connectivity index (χ1v) is 13.4. The van der Waals surface area contributed by atoms with Gasteiger partial charge in [-0.3, -0.25) is 14.4 Å².